The van der Waals surface area contributed by atoms with Gasteiger partial charge >= 0.3 is 0 Å². The van der Waals surface area contributed by atoms with Crippen LogP contribution in [-0.4, -0.2) is 12.5 Å². The molecule has 78 valence electrons. The van der Waals surface area contributed by atoms with E-state index >= 15 is 0 Å². The first kappa shape index (κ1) is 11.4. The third kappa shape index (κ3) is 4.56. The number of hydrogen-bond donors (Lipinski definition) is 0. The van der Waals surface area contributed by atoms with E-state index in [1.54, 1.807) is 24.3 Å². The molecule has 0 radical (unpaired) electrons. The molecular formula is C10H11BrF2O. The van der Waals surface area contributed by atoms with Crippen LogP contribution in [0.2, 0.25) is 0 Å². The molecule has 0 bridgehead atoms. The first-order valence-corrected chi connectivity index (χ1v) is 5.03. The highest BCUT2D eigenvalue weighted by molar-refractivity contribution is 9.10. The van der Waals surface area contributed by atoms with Crippen LogP contribution in [-0.2, 0) is 0 Å². The zero-order valence-electron chi connectivity index (χ0n) is 7.77. The summed E-state index contributed by atoms with van der Waals surface area (Å²) >= 11 is 3.27. The van der Waals surface area contributed by atoms with Crippen molar-refractivity contribution >= 4 is 15.9 Å². The van der Waals surface area contributed by atoms with E-state index in [0.29, 0.717) is 5.75 Å². The summed E-state index contributed by atoms with van der Waals surface area (Å²) in [6.07, 6.45) is -0.261. The van der Waals surface area contributed by atoms with Crippen molar-refractivity contribution in [2.75, 3.05) is 6.61 Å². The Morgan fingerprint density at radius 2 is 1.86 bits per heavy atom. The Hall–Kier alpha value is -0.640. The van der Waals surface area contributed by atoms with Gasteiger partial charge in [0.2, 0.25) is 5.92 Å². The summed E-state index contributed by atoms with van der Waals surface area (Å²) in [6.45, 7) is 0.920. The molecule has 0 amide bonds. The molecular weight excluding hydrogens is 254 g/mol. The second-order valence-electron chi connectivity index (χ2n) is 3.12. The van der Waals surface area contributed by atoms with Gasteiger partial charge in [-0.1, -0.05) is 15.9 Å². The first-order chi connectivity index (χ1) is 6.47. The molecule has 1 aromatic rings. The summed E-state index contributed by atoms with van der Waals surface area (Å²) in [6, 6.07) is 7.08. The maximum Gasteiger partial charge on any atom is 0.248 e. The maximum absolute atomic E-state index is 12.4. The zero-order valence-corrected chi connectivity index (χ0v) is 9.35. The van der Waals surface area contributed by atoms with Gasteiger partial charge in [0.1, 0.15) is 5.75 Å². The molecule has 0 aliphatic carbocycles. The smallest absolute Gasteiger partial charge is 0.248 e. The molecule has 0 atom stereocenters. The topological polar surface area (TPSA) is 9.23 Å². The van der Waals surface area contributed by atoms with Gasteiger partial charge in [0.25, 0.3) is 0 Å². The average Bonchev–Trinajstić information content (AvgIpc) is 2.06. The van der Waals surface area contributed by atoms with Gasteiger partial charge in [-0.05, 0) is 31.2 Å². The maximum atomic E-state index is 12.4. The van der Waals surface area contributed by atoms with Crippen LogP contribution in [0.4, 0.5) is 8.78 Å². The van der Waals surface area contributed by atoms with Crippen molar-refractivity contribution < 1.29 is 13.5 Å². The van der Waals surface area contributed by atoms with E-state index in [0.717, 1.165) is 11.4 Å². The van der Waals surface area contributed by atoms with Crippen LogP contribution in [0.1, 0.15) is 13.3 Å². The van der Waals surface area contributed by atoms with Crippen molar-refractivity contribution in [1.82, 2.24) is 0 Å². The normalized spacial score (nSPS) is 11.4. The molecule has 0 saturated carbocycles. The molecule has 0 unspecified atom stereocenters. The van der Waals surface area contributed by atoms with Gasteiger partial charge in [-0.25, -0.2) is 8.78 Å². The standard InChI is InChI=1S/C10H11BrF2O/c1-10(12,13)6-7-14-9-4-2-8(11)3-5-9/h2-5H,6-7H2,1H3. The summed E-state index contributed by atoms with van der Waals surface area (Å²) in [5, 5.41) is 0. The highest BCUT2D eigenvalue weighted by atomic mass is 79.9. The first-order valence-electron chi connectivity index (χ1n) is 4.23. The van der Waals surface area contributed by atoms with Gasteiger partial charge in [0, 0.05) is 10.9 Å². The van der Waals surface area contributed by atoms with Crippen molar-refractivity contribution in [3.8, 4) is 5.75 Å². The largest absolute Gasteiger partial charge is 0.493 e. The quantitative estimate of drug-likeness (QED) is 0.802. The van der Waals surface area contributed by atoms with Gasteiger partial charge in [0.15, 0.2) is 0 Å². The predicted octanol–water partition coefficient (Wildman–Crippen LogP) is 3.87. The van der Waals surface area contributed by atoms with Crippen LogP contribution in [0.25, 0.3) is 0 Å². The van der Waals surface area contributed by atoms with E-state index in [4.69, 9.17) is 4.74 Å². The van der Waals surface area contributed by atoms with Gasteiger partial charge in [-0.3, -0.25) is 0 Å². The Bertz CT molecular complexity index is 279. The Morgan fingerprint density at radius 3 is 2.36 bits per heavy atom. The number of rotatable bonds is 4. The van der Waals surface area contributed by atoms with Crippen molar-refractivity contribution in [3.05, 3.63) is 28.7 Å². The summed E-state index contributed by atoms with van der Waals surface area (Å²) in [4.78, 5) is 0. The highest BCUT2D eigenvalue weighted by Crippen LogP contribution is 2.19. The fraction of sp³-hybridized carbons (Fsp3) is 0.400. The summed E-state index contributed by atoms with van der Waals surface area (Å²) in [7, 11) is 0. The molecule has 0 aliphatic heterocycles. The van der Waals surface area contributed by atoms with Crippen LogP contribution in [0.3, 0.4) is 0 Å². The number of ether oxygens (including phenoxy) is 1. The Balaban J connectivity index is 2.35. The second-order valence-corrected chi connectivity index (χ2v) is 4.04. The molecule has 0 heterocycles. The Labute approximate surface area is 90.2 Å². The minimum atomic E-state index is -2.66. The lowest BCUT2D eigenvalue weighted by atomic mass is 10.3. The number of hydrogen-bond acceptors (Lipinski definition) is 1. The number of benzene rings is 1. The van der Waals surface area contributed by atoms with Gasteiger partial charge in [-0.15, -0.1) is 0 Å². The van der Waals surface area contributed by atoms with Crippen molar-refractivity contribution in [3.63, 3.8) is 0 Å². The third-order valence-electron chi connectivity index (χ3n) is 1.62. The van der Waals surface area contributed by atoms with Gasteiger partial charge in [-0.2, -0.15) is 0 Å². The molecule has 0 aromatic heterocycles. The highest BCUT2D eigenvalue weighted by Gasteiger charge is 2.20. The van der Waals surface area contributed by atoms with Crippen molar-refractivity contribution in [2.24, 2.45) is 0 Å². The molecule has 14 heavy (non-hydrogen) atoms. The molecule has 1 nitrogen and oxygen atoms in total. The van der Waals surface area contributed by atoms with E-state index in [2.05, 4.69) is 15.9 Å². The predicted molar refractivity (Wildman–Crippen MR) is 54.9 cm³/mol. The van der Waals surface area contributed by atoms with E-state index in [1.807, 2.05) is 0 Å². The minimum absolute atomic E-state index is 0.0329. The molecule has 1 rings (SSSR count). The SMILES string of the molecule is CC(F)(F)CCOc1ccc(Br)cc1. The van der Waals surface area contributed by atoms with Gasteiger partial charge < -0.3 is 4.74 Å². The van der Waals surface area contributed by atoms with Crippen molar-refractivity contribution in [2.45, 2.75) is 19.3 Å². The monoisotopic (exact) mass is 264 g/mol. The fourth-order valence-corrected chi connectivity index (χ4v) is 1.14. The average molecular weight is 265 g/mol. The van der Waals surface area contributed by atoms with Crippen LogP contribution < -0.4 is 4.74 Å². The fourth-order valence-electron chi connectivity index (χ4n) is 0.879. The zero-order chi connectivity index (χ0) is 10.6. The lowest BCUT2D eigenvalue weighted by Crippen LogP contribution is -2.14. The van der Waals surface area contributed by atoms with E-state index in [-0.39, 0.29) is 13.0 Å². The van der Waals surface area contributed by atoms with Crippen LogP contribution in [0.15, 0.2) is 28.7 Å². The summed E-state index contributed by atoms with van der Waals surface area (Å²) in [5.41, 5.74) is 0. The summed E-state index contributed by atoms with van der Waals surface area (Å²) in [5.74, 6) is -2.05. The van der Waals surface area contributed by atoms with E-state index in [1.165, 1.54) is 0 Å². The molecule has 1 aromatic carbocycles. The van der Waals surface area contributed by atoms with Gasteiger partial charge in [0.05, 0.1) is 6.61 Å². The van der Waals surface area contributed by atoms with Crippen LogP contribution >= 0.6 is 15.9 Å². The third-order valence-corrected chi connectivity index (χ3v) is 2.15. The van der Waals surface area contributed by atoms with E-state index < -0.39 is 5.92 Å². The van der Waals surface area contributed by atoms with Crippen LogP contribution in [0, 0.1) is 0 Å². The van der Waals surface area contributed by atoms with Crippen molar-refractivity contribution in [1.29, 1.82) is 0 Å². The molecule has 0 fully saturated rings. The summed E-state index contributed by atoms with van der Waals surface area (Å²) < 4.78 is 30.9. The number of halogens is 3. The molecule has 0 spiro atoms. The lowest BCUT2D eigenvalue weighted by molar-refractivity contribution is 0.000865. The second kappa shape index (κ2) is 4.73. The lowest BCUT2D eigenvalue weighted by Gasteiger charge is -2.10. The minimum Gasteiger partial charge on any atom is -0.493 e. The Morgan fingerprint density at radius 1 is 1.29 bits per heavy atom. The molecule has 0 saturated heterocycles. The molecule has 0 aliphatic rings. The van der Waals surface area contributed by atoms with E-state index in [9.17, 15) is 8.78 Å². The molecule has 0 N–H and O–H groups in total. The van der Waals surface area contributed by atoms with Crippen LogP contribution in [0.5, 0.6) is 5.75 Å². The number of alkyl halides is 2. The Kier molecular flexibility index (Phi) is 3.86. The molecule has 4 heteroatoms.